The molecule has 1 aromatic carbocycles. The second-order valence-electron chi connectivity index (χ2n) is 6.60. The molecule has 0 aliphatic carbocycles. The highest BCUT2D eigenvalue weighted by Gasteiger charge is 2.30. The Bertz CT molecular complexity index is 925. The van der Waals surface area contributed by atoms with Gasteiger partial charge in [-0.1, -0.05) is 6.07 Å². The molecule has 1 saturated heterocycles. The number of nitrogens with one attached hydrogen (secondary N) is 1. The number of hydrogen-bond donors (Lipinski definition) is 3. The Hall–Kier alpha value is -2.87. The van der Waals surface area contributed by atoms with Crippen molar-refractivity contribution in [1.29, 1.82) is 5.26 Å². The van der Waals surface area contributed by atoms with Gasteiger partial charge in [0, 0.05) is 18.5 Å². The normalized spacial score (nSPS) is 21.6. The molecule has 1 amide bonds. The number of ether oxygens (including phenoxy) is 1. The summed E-state index contributed by atoms with van der Waals surface area (Å²) in [5.41, 5.74) is 8.01. The molecule has 9 nitrogen and oxygen atoms in total. The molecular formula is C17H18BN5O4. The van der Waals surface area contributed by atoms with Gasteiger partial charge >= 0.3 is 7.12 Å². The molecule has 3 heterocycles. The summed E-state index contributed by atoms with van der Waals surface area (Å²) >= 11 is 0. The van der Waals surface area contributed by atoms with E-state index in [9.17, 15) is 15.1 Å². The maximum atomic E-state index is 11.9. The fourth-order valence-electron chi connectivity index (χ4n) is 3.41. The largest absolute Gasteiger partial charge is 0.491 e. The third-order valence-electron chi connectivity index (χ3n) is 4.90. The number of carbonyl (C=O) groups excluding carboxylic acids is 1. The van der Waals surface area contributed by atoms with Crippen LogP contribution in [0.3, 0.4) is 0 Å². The van der Waals surface area contributed by atoms with Gasteiger partial charge in [0.2, 0.25) is 0 Å². The number of aromatic nitrogens is 2. The van der Waals surface area contributed by atoms with E-state index in [2.05, 4.69) is 16.5 Å². The molecule has 0 spiro atoms. The maximum Gasteiger partial charge on any atom is 0.491 e. The number of carbonyl (C=O) groups is 1. The zero-order valence-electron chi connectivity index (χ0n) is 14.5. The van der Waals surface area contributed by atoms with Crippen molar-refractivity contribution in [2.45, 2.75) is 19.1 Å². The highest BCUT2D eigenvalue weighted by Crippen LogP contribution is 2.29. The number of nitrogens with two attached hydrogens (primary N) is 1. The predicted molar refractivity (Wildman–Crippen MR) is 96.4 cm³/mol. The first-order valence-corrected chi connectivity index (χ1v) is 8.62. The topological polar surface area (TPSA) is 135 Å². The number of fused-ring (bicyclic) bond motifs is 1. The van der Waals surface area contributed by atoms with Crippen molar-refractivity contribution in [2.75, 3.05) is 18.5 Å². The first-order chi connectivity index (χ1) is 13.1. The second kappa shape index (κ2) is 7.04. The minimum absolute atomic E-state index is 0.231. The first-order valence-electron chi connectivity index (χ1n) is 8.62. The molecule has 138 valence electrons. The van der Waals surface area contributed by atoms with Crippen LogP contribution >= 0.6 is 0 Å². The Kier molecular flexibility index (Phi) is 4.57. The molecule has 4 N–H and O–H groups in total. The zero-order chi connectivity index (χ0) is 19.0. The van der Waals surface area contributed by atoms with Crippen LogP contribution in [-0.4, -0.2) is 41.0 Å². The van der Waals surface area contributed by atoms with E-state index in [0.717, 1.165) is 11.0 Å². The number of hydrogen-bond acceptors (Lipinski definition) is 7. The Balaban J connectivity index is 1.64. The van der Waals surface area contributed by atoms with Crippen LogP contribution in [0.2, 0.25) is 0 Å². The van der Waals surface area contributed by atoms with Gasteiger partial charge in [-0.05, 0) is 29.6 Å². The number of benzene rings is 1. The third kappa shape index (κ3) is 3.28. The molecule has 10 heteroatoms. The number of anilines is 2. The van der Waals surface area contributed by atoms with Crippen molar-refractivity contribution in [1.82, 2.24) is 9.78 Å². The first kappa shape index (κ1) is 17.5. The molecular weight excluding hydrogens is 349 g/mol. The van der Waals surface area contributed by atoms with Gasteiger partial charge in [0.25, 0.3) is 5.91 Å². The van der Waals surface area contributed by atoms with Crippen molar-refractivity contribution in [3.05, 3.63) is 35.5 Å². The van der Waals surface area contributed by atoms with Crippen LogP contribution in [0.25, 0.3) is 0 Å². The van der Waals surface area contributed by atoms with Gasteiger partial charge in [-0.2, -0.15) is 10.4 Å². The lowest BCUT2D eigenvalue weighted by molar-refractivity contribution is 0.0342. The van der Waals surface area contributed by atoms with Gasteiger partial charge < -0.3 is 25.5 Å². The smallest absolute Gasteiger partial charge is 0.423 e. The minimum Gasteiger partial charge on any atom is -0.423 e. The summed E-state index contributed by atoms with van der Waals surface area (Å²) in [7, 11) is -0.913. The summed E-state index contributed by atoms with van der Waals surface area (Å²) in [6.07, 6.45) is 2.16. The molecule has 2 aliphatic rings. The zero-order valence-corrected chi connectivity index (χ0v) is 14.5. The molecule has 0 bridgehead atoms. The SMILES string of the molecule is N#C[C@H]1CCOC[C@@H]1n1cc(C(N)=O)c(Nc2ccc3c(c2)COB3O)n1. The predicted octanol–water partition coefficient (Wildman–Crippen LogP) is 0.0445. The summed E-state index contributed by atoms with van der Waals surface area (Å²) in [5.74, 6) is -0.552. The highest BCUT2D eigenvalue weighted by molar-refractivity contribution is 6.61. The molecule has 4 rings (SSSR count). The van der Waals surface area contributed by atoms with Crippen LogP contribution in [0.15, 0.2) is 24.4 Å². The van der Waals surface area contributed by atoms with E-state index in [-0.39, 0.29) is 17.5 Å². The summed E-state index contributed by atoms with van der Waals surface area (Å²) in [5, 5.41) is 26.6. The van der Waals surface area contributed by atoms with E-state index >= 15 is 0 Å². The fourth-order valence-corrected chi connectivity index (χ4v) is 3.41. The Morgan fingerprint density at radius 3 is 3.15 bits per heavy atom. The van der Waals surface area contributed by atoms with Crippen molar-refractivity contribution in [3.63, 3.8) is 0 Å². The van der Waals surface area contributed by atoms with Crippen molar-refractivity contribution < 1.29 is 19.2 Å². The van der Waals surface area contributed by atoms with Crippen LogP contribution in [0, 0.1) is 17.2 Å². The van der Waals surface area contributed by atoms with Gasteiger partial charge in [-0.25, -0.2) is 0 Å². The van der Waals surface area contributed by atoms with Gasteiger partial charge in [-0.3, -0.25) is 9.48 Å². The summed E-state index contributed by atoms with van der Waals surface area (Å²) in [6, 6.07) is 7.36. The van der Waals surface area contributed by atoms with E-state index in [4.69, 9.17) is 15.1 Å². The summed E-state index contributed by atoms with van der Waals surface area (Å²) in [6.45, 7) is 1.20. The molecule has 1 aromatic heterocycles. The second-order valence-corrected chi connectivity index (χ2v) is 6.60. The van der Waals surface area contributed by atoms with Gasteiger partial charge in [-0.15, -0.1) is 0 Å². The van der Waals surface area contributed by atoms with Gasteiger partial charge in [0.1, 0.15) is 5.56 Å². The number of nitrogens with zero attached hydrogens (tertiary/aromatic N) is 3. The lowest BCUT2D eigenvalue weighted by Gasteiger charge is -2.26. The molecule has 27 heavy (non-hydrogen) atoms. The van der Waals surface area contributed by atoms with Crippen LogP contribution < -0.4 is 16.5 Å². The highest BCUT2D eigenvalue weighted by atomic mass is 16.5. The lowest BCUT2D eigenvalue weighted by Crippen LogP contribution is -2.29. The van der Waals surface area contributed by atoms with Crippen molar-refractivity contribution >= 4 is 30.0 Å². The quantitative estimate of drug-likeness (QED) is 0.650. The molecule has 0 saturated carbocycles. The monoisotopic (exact) mass is 367 g/mol. The van der Waals surface area contributed by atoms with Crippen molar-refractivity contribution in [3.8, 4) is 6.07 Å². The van der Waals surface area contributed by atoms with Crippen LogP contribution in [-0.2, 0) is 16.0 Å². The van der Waals surface area contributed by atoms with E-state index < -0.39 is 13.0 Å². The molecule has 2 aliphatic heterocycles. The molecule has 0 radical (unpaired) electrons. The third-order valence-corrected chi connectivity index (χ3v) is 4.90. The average Bonchev–Trinajstić information content (AvgIpc) is 3.25. The average molecular weight is 367 g/mol. The summed E-state index contributed by atoms with van der Waals surface area (Å²) in [4.78, 5) is 11.9. The number of nitriles is 1. The minimum atomic E-state index is -0.913. The van der Waals surface area contributed by atoms with Gasteiger partial charge in [0.05, 0.1) is 31.2 Å². The lowest BCUT2D eigenvalue weighted by atomic mass is 9.79. The Morgan fingerprint density at radius 1 is 1.52 bits per heavy atom. The molecule has 1 fully saturated rings. The van der Waals surface area contributed by atoms with Crippen LogP contribution in [0.1, 0.15) is 28.4 Å². The number of primary amides is 1. The van der Waals surface area contributed by atoms with Crippen molar-refractivity contribution in [2.24, 2.45) is 11.7 Å². The van der Waals surface area contributed by atoms with E-state index in [1.165, 1.54) is 0 Å². The van der Waals surface area contributed by atoms with E-state index in [1.54, 1.807) is 23.0 Å². The van der Waals surface area contributed by atoms with Crippen LogP contribution in [0.5, 0.6) is 0 Å². The number of rotatable bonds is 4. The summed E-state index contributed by atoms with van der Waals surface area (Å²) < 4.78 is 12.2. The molecule has 2 atom stereocenters. The standard InChI is InChI=1S/C17H18BN5O4/c19-6-10-3-4-26-9-15(10)23-7-13(16(20)24)17(22-23)21-12-1-2-14-11(5-12)8-27-18(14)25/h1-2,5,7,10,15,25H,3-4,8-9H2,(H2,20,24)(H,21,22)/t10-,15+/m1/s1. The molecule has 0 unspecified atom stereocenters. The molecule has 2 aromatic rings. The number of amides is 1. The van der Waals surface area contributed by atoms with Gasteiger partial charge in [0.15, 0.2) is 5.82 Å². The Morgan fingerprint density at radius 2 is 2.37 bits per heavy atom. The van der Waals surface area contributed by atoms with Crippen LogP contribution in [0.4, 0.5) is 11.5 Å². The van der Waals surface area contributed by atoms with E-state index in [0.29, 0.717) is 37.7 Å². The Labute approximate surface area is 155 Å². The fraction of sp³-hybridized carbons (Fsp3) is 0.353. The maximum absolute atomic E-state index is 11.9. The van der Waals surface area contributed by atoms with E-state index in [1.807, 2.05) is 6.07 Å².